The summed E-state index contributed by atoms with van der Waals surface area (Å²) in [5.74, 6) is -0.812. The number of nitrogens with zero attached hydrogens (tertiary/aromatic N) is 2. The molecule has 2 N–H and O–H groups in total. The zero-order valence-electron chi connectivity index (χ0n) is 9.38. The van der Waals surface area contributed by atoms with Crippen LogP contribution in [0.15, 0.2) is 12.2 Å². The van der Waals surface area contributed by atoms with Gasteiger partial charge in [-0.05, 0) is 0 Å². The molecule has 0 fully saturated rings. The molecule has 0 aromatic carbocycles. The minimum Gasteiger partial charge on any atom is -0.481 e. The van der Waals surface area contributed by atoms with Gasteiger partial charge in [-0.2, -0.15) is 4.98 Å². The van der Waals surface area contributed by atoms with Gasteiger partial charge in [0.25, 0.3) is 0 Å². The van der Waals surface area contributed by atoms with Gasteiger partial charge >= 0.3 is 0 Å². The molecule has 0 spiro atoms. The van der Waals surface area contributed by atoms with Crippen molar-refractivity contribution < 1.29 is 11.6 Å². The predicted octanol–water partition coefficient (Wildman–Crippen LogP) is 0.0674. The van der Waals surface area contributed by atoms with Gasteiger partial charge in [0.05, 0.1) is 13.9 Å². The van der Waals surface area contributed by atoms with Crippen molar-refractivity contribution in [3.63, 3.8) is 0 Å². The Morgan fingerprint density at radius 3 is 3.67 bits per heavy atom. The van der Waals surface area contributed by atoms with E-state index in [1.807, 2.05) is 0 Å². The monoisotopic (exact) mass is 130 g/mol. The number of methoxy groups -OCH3 is 1. The third-order valence-corrected chi connectivity index (χ3v) is 0.646. The van der Waals surface area contributed by atoms with E-state index < -0.39 is 25.1 Å². The summed E-state index contributed by atoms with van der Waals surface area (Å²) in [6.45, 7) is 0. The molecule has 4 nitrogen and oxygen atoms in total. The molecule has 0 aliphatic rings. The van der Waals surface area contributed by atoms with E-state index in [1.54, 1.807) is 0 Å². The first-order valence-electron chi connectivity index (χ1n) is 4.59. The van der Waals surface area contributed by atoms with Crippen LogP contribution in [-0.2, 0) is 0 Å². The summed E-state index contributed by atoms with van der Waals surface area (Å²) in [6, 6.07) is -0.504. The van der Waals surface area contributed by atoms with Gasteiger partial charge in [0, 0.05) is 12.2 Å². The van der Waals surface area contributed by atoms with Crippen molar-refractivity contribution in [3.8, 4) is 5.88 Å². The molecule has 4 heteroatoms. The molecule has 0 radical (unpaired) electrons. The number of nitrogen functional groups attached to an aromatic ring is 1. The van der Waals surface area contributed by atoms with Crippen LogP contribution in [0.1, 0.15) is 6.85 Å². The van der Waals surface area contributed by atoms with Gasteiger partial charge in [-0.3, -0.25) is 0 Å². The Hall–Kier alpha value is -1.32. The molecular formula is C5H7N3O. The second-order valence-electron chi connectivity index (χ2n) is 1.23. The average Bonchev–Trinajstić information content (AvgIpc) is 1.96. The van der Waals surface area contributed by atoms with Crippen molar-refractivity contribution in [3.05, 3.63) is 12.2 Å². The lowest BCUT2D eigenvalue weighted by Gasteiger charge is -1.95. The van der Waals surface area contributed by atoms with Gasteiger partial charge < -0.3 is 10.5 Å². The van der Waals surface area contributed by atoms with E-state index in [1.165, 1.54) is 0 Å². The summed E-state index contributed by atoms with van der Waals surface area (Å²) in [5.41, 5.74) is 5.16. The van der Waals surface area contributed by atoms with Gasteiger partial charge in [-0.15, -0.1) is 0 Å². The fraction of sp³-hybridized carbons (Fsp3) is 0.200. The summed E-state index contributed by atoms with van der Waals surface area (Å²) in [5, 5.41) is 0. The normalized spacial score (nSPS) is 18.4. The first-order chi connectivity index (χ1) is 6.29. The van der Waals surface area contributed by atoms with Crippen LogP contribution < -0.4 is 10.5 Å². The van der Waals surface area contributed by atoms with Crippen molar-refractivity contribution >= 4 is 5.95 Å². The van der Waals surface area contributed by atoms with E-state index in [0.717, 1.165) is 0 Å². The molecular weight excluding hydrogens is 118 g/mol. The van der Waals surface area contributed by atoms with E-state index in [2.05, 4.69) is 14.7 Å². The first kappa shape index (κ1) is 2.13. The zero-order valence-corrected chi connectivity index (χ0v) is 4.38. The van der Waals surface area contributed by atoms with Crippen molar-refractivity contribution in [1.29, 1.82) is 0 Å². The second-order valence-corrected chi connectivity index (χ2v) is 1.23. The van der Waals surface area contributed by atoms with Crippen molar-refractivity contribution in [2.24, 2.45) is 0 Å². The third kappa shape index (κ3) is 1.28. The van der Waals surface area contributed by atoms with E-state index in [9.17, 15) is 0 Å². The van der Waals surface area contributed by atoms with Crippen LogP contribution in [0.4, 0.5) is 5.95 Å². The summed E-state index contributed by atoms with van der Waals surface area (Å²) >= 11 is 0. The maximum absolute atomic E-state index is 7.23. The molecule has 1 aromatic rings. The number of anilines is 1. The second kappa shape index (κ2) is 2.30. The van der Waals surface area contributed by atoms with Crippen LogP contribution >= 0.6 is 0 Å². The summed E-state index contributed by atoms with van der Waals surface area (Å²) in [6.07, 6.45) is -0.475. The fourth-order valence-corrected chi connectivity index (χ4v) is 0.338. The highest BCUT2D eigenvalue weighted by atomic mass is 16.5. The van der Waals surface area contributed by atoms with Crippen molar-refractivity contribution in [1.82, 2.24) is 9.97 Å². The van der Waals surface area contributed by atoms with E-state index >= 15 is 0 Å². The number of aromatic nitrogens is 2. The van der Waals surface area contributed by atoms with E-state index in [4.69, 9.17) is 12.6 Å². The summed E-state index contributed by atoms with van der Waals surface area (Å²) < 4.78 is 39.0. The molecule has 0 bridgehead atoms. The Labute approximate surface area is 59.7 Å². The lowest BCUT2D eigenvalue weighted by molar-refractivity contribution is 0.397. The summed E-state index contributed by atoms with van der Waals surface area (Å²) in [7, 11) is -2.72. The third-order valence-electron chi connectivity index (χ3n) is 0.646. The van der Waals surface area contributed by atoms with Crippen LogP contribution in [0.25, 0.3) is 0 Å². The maximum atomic E-state index is 7.23. The van der Waals surface area contributed by atoms with Crippen LogP contribution in [-0.4, -0.2) is 17.0 Å². The van der Waals surface area contributed by atoms with Gasteiger partial charge in [0.1, 0.15) is 0 Å². The van der Waals surface area contributed by atoms with Crippen molar-refractivity contribution in [2.75, 3.05) is 12.8 Å². The molecule has 1 rings (SSSR count). The van der Waals surface area contributed by atoms with E-state index in [-0.39, 0.29) is 5.95 Å². The zero-order chi connectivity index (χ0) is 10.9. The smallest absolute Gasteiger partial charge is 0.223 e. The lowest BCUT2D eigenvalue weighted by atomic mass is 10.6. The van der Waals surface area contributed by atoms with Crippen LogP contribution in [0.2, 0.25) is 0 Å². The number of hydrogen-bond acceptors (Lipinski definition) is 4. The highest BCUT2D eigenvalue weighted by Gasteiger charge is 1.90. The minimum atomic E-state index is -2.72. The van der Waals surface area contributed by atoms with Gasteiger partial charge in [-0.1, -0.05) is 0 Å². The SMILES string of the molecule is [2H]c1nc(N)nc(OC([2H])([2H])[2H])c1[2H]. The Morgan fingerprint density at radius 2 is 2.89 bits per heavy atom. The first-order valence-corrected chi connectivity index (χ1v) is 2.09. The quantitative estimate of drug-likeness (QED) is 0.584. The Morgan fingerprint density at radius 1 is 2.00 bits per heavy atom. The molecule has 1 heterocycles. The highest BCUT2D eigenvalue weighted by Crippen LogP contribution is 2.02. The van der Waals surface area contributed by atoms with E-state index in [0.29, 0.717) is 0 Å². The maximum Gasteiger partial charge on any atom is 0.223 e. The van der Waals surface area contributed by atoms with Crippen molar-refractivity contribution in [2.45, 2.75) is 0 Å². The van der Waals surface area contributed by atoms with Gasteiger partial charge in [-0.25, -0.2) is 4.98 Å². The molecule has 0 unspecified atom stereocenters. The minimum absolute atomic E-state index is 0.301. The largest absolute Gasteiger partial charge is 0.481 e. The number of hydrogen-bond donors (Lipinski definition) is 1. The topological polar surface area (TPSA) is 61.0 Å². The van der Waals surface area contributed by atoms with Crippen LogP contribution in [0, 0.1) is 0 Å². The highest BCUT2D eigenvalue weighted by molar-refractivity contribution is 5.20. The Kier molecular flexibility index (Phi) is 0.545. The molecule has 0 aliphatic carbocycles. The van der Waals surface area contributed by atoms with Crippen LogP contribution in [0.3, 0.4) is 0 Å². The lowest BCUT2D eigenvalue weighted by Crippen LogP contribution is -1.95. The molecule has 0 saturated heterocycles. The van der Waals surface area contributed by atoms with Crippen LogP contribution in [0.5, 0.6) is 5.88 Å². The molecule has 9 heavy (non-hydrogen) atoms. The standard InChI is InChI=1S/C5H7N3O/c1-9-4-2-3-7-5(6)8-4/h2-3H,1H3,(H2,6,7,8)/i1D3,2D,3D. The fourth-order valence-electron chi connectivity index (χ4n) is 0.338. The molecule has 0 atom stereocenters. The molecule has 0 saturated carbocycles. The molecule has 0 aliphatic heterocycles. The number of ether oxygens (including phenoxy) is 1. The summed E-state index contributed by atoms with van der Waals surface area (Å²) in [4.78, 5) is 6.74. The average molecular weight is 130 g/mol. The molecule has 0 amide bonds. The van der Waals surface area contributed by atoms with Gasteiger partial charge in [0.2, 0.25) is 11.8 Å². The molecule has 48 valence electrons. The Balaban J connectivity index is 3.09. The number of rotatable bonds is 1. The number of nitrogens with two attached hydrogens (primary N) is 1. The predicted molar refractivity (Wildman–Crippen MR) is 33.0 cm³/mol. The Bertz CT molecular complexity index is 352. The van der Waals surface area contributed by atoms with Gasteiger partial charge in [0.15, 0.2) is 0 Å². The molecule has 1 aromatic heterocycles.